The van der Waals surface area contributed by atoms with Crippen molar-refractivity contribution in [2.45, 2.75) is 51.6 Å². The van der Waals surface area contributed by atoms with Gasteiger partial charge in [0.15, 0.2) is 0 Å². The van der Waals surface area contributed by atoms with Crippen molar-refractivity contribution < 1.29 is 9.53 Å². The van der Waals surface area contributed by atoms with Crippen LogP contribution < -0.4 is 5.32 Å². The van der Waals surface area contributed by atoms with Crippen LogP contribution in [0, 0.1) is 13.8 Å². The van der Waals surface area contributed by atoms with Gasteiger partial charge >= 0.3 is 5.97 Å². The van der Waals surface area contributed by atoms with Crippen LogP contribution in [0.15, 0.2) is 23.1 Å². The van der Waals surface area contributed by atoms with Crippen LogP contribution in [0.3, 0.4) is 0 Å². The fourth-order valence-electron chi connectivity index (χ4n) is 1.96. The van der Waals surface area contributed by atoms with Crippen molar-refractivity contribution in [3.8, 4) is 0 Å². The summed E-state index contributed by atoms with van der Waals surface area (Å²) in [7, 11) is 0. The van der Waals surface area contributed by atoms with Crippen LogP contribution in [0.1, 0.15) is 31.9 Å². The summed E-state index contributed by atoms with van der Waals surface area (Å²) in [6.07, 6.45) is 0. The molecule has 1 rings (SSSR count). The molecule has 1 unspecified atom stereocenters. The second kappa shape index (κ2) is 8.32. The van der Waals surface area contributed by atoms with Crippen LogP contribution in [0.2, 0.25) is 0 Å². The smallest absolute Gasteiger partial charge is 0.324 e. The van der Waals surface area contributed by atoms with Gasteiger partial charge in [-0.1, -0.05) is 31.5 Å². The zero-order valence-electron chi connectivity index (χ0n) is 13.0. The molecule has 4 heteroatoms. The van der Waals surface area contributed by atoms with Crippen LogP contribution in [0.25, 0.3) is 0 Å². The highest BCUT2D eigenvalue weighted by Crippen LogP contribution is 2.24. The van der Waals surface area contributed by atoms with Crippen LogP contribution in [0.5, 0.6) is 0 Å². The highest BCUT2D eigenvalue weighted by atomic mass is 32.2. The number of benzene rings is 1. The topological polar surface area (TPSA) is 38.3 Å². The molecule has 1 aromatic carbocycles. The Labute approximate surface area is 126 Å². The van der Waals surface area contributed by atoms with E-state index >= 15 is 0 Å². The van der Waals surface area contributed by atoms with Crippen molar-refractivity contribution in [1.29, 1.82) is 0 Å². The monoisotopic (exact) mass is 295 g/mol. The number of carbonyl (C=O) groups excluding carboxylic acids is 1. The van der Waals surface area contributed by atoms with Gasteiger partial charge in [-0.3, -0.25) is 4.79 Å². The summed E-state index contributed by atoms with van der Waals surface area (Å²) >= 11 is 1.70. The molecule has 1 aromatic rings. The molecule has 0 spiro atoms. The van der Waals surface area contributed by atoms with E-state index in [2.05, 4.69) is 37.4 Å². The van der Waals surface area contributed by atoms with Crippen molar-refractivity contribution in [3.05, 3.63) is 29.3 Å². The van der Waals surface area contributed by atoms with Crippen molar-refractivity contribution in [1.82, 2.24) is 5.32 Å². The largest absolute Gasteiger partial charge is 0.465 e. The van der Waals surface area contributed by atoms with Crippen LogP contribution in [-0.4, -0.2) is 30.4 Å². The molecule has 0 bridgehead atoms. The third kappa shape index (κ3) is 5.55. The number of hydrogen-bond donors (Lipinski definition) is 1. The lowest BCUT2D eigenvalue weighted by atomic mass is 10.2. The number of nitrogens with one attached hydrogen (secondary N) is 1. The minimum absolute atomic E-state index is 0.168. The molecule has 0 aromatic heterocycles. The number of aryl methyl sites for hydroxylation is 2. The average molecular weight is 295 g/mol. The molecule has 0 saturated carbocycles. The molecule has 0 aliphatic heterocycles. The van der Waals surface area contributed by atoms with Gasteiger partial charge in [-0.25, -0.2) is 0 Å². The minimum atomic E-state index is -0.263. The van der Waals surface area contributed by atoms with E-state index < -0.39 is 0 Å². The summed E-state index contributed by atoms with van der Waals surface area (Å²) in [6.45, 7) is 10.5. The van der Waals surface area contributed by atoms with E-state index in [0.29, 0.717) is 12.4 Å². The zero-order valence-corrected chi connectivity index (χ0v) is 13.8. The van der Waals surface area contributed by atoms with Gasteiger partial charge in [-0.15, -0.1) is 11.8 Å². The number of hydrogen-bond acceptors (Lipinski definition) is 4. The molecule has 0 fully saturated rings. The van der Waals surface area contributed by atoms with Crippen molar-refractivity contribution in [3.63, 3.8) is 0 Å². The summed E-state index contributed by atoms with van der Waals surface area (Å²) in [6, 6.07) is 6.37. The van der Waals surface area contributed by atoms with E-state index in [9.17, 15) is 4.79 Å². The van der Waals surface area contributed by atoms with Gasteiger partial charge in [0.25, 0.3) is 0 Å². The Morgan fingerprint density at radius 1 is 1.35 bits per heavy atom. The van der Waals surface area contributed by atoms with Gasteiger partial charge in [-0.2, -0.15) is 0 Å². The maximum atomic E-state index is 11.9. The Kier molecular flexibility index (Phi) is 7.10. The van der Waals surface area contributed by atoms with E-state index in [-0.39, 0.29) is 18.1 Å². The molecule has 0 aliphatic carbocycles. The summed E-state index contributed by atoms with van der Waals surface area (Å²) in [5.74, 6) is 0.513. The lowest BCUT2D eigenvalue weighted by molar-refractivity contribution is -0.145. The maximum Gasteiger partial charge on any atom is 0.324 e. The van der Waals surface area contributed by atoms with Crippen LogP contribution in [0.4, 0.5) is 0 Å². The molecular weight excluding hydrogens is 270 g/mol. The van der Waals surface area contributed by atoms with Gasteiger partial charge < -0.3 is 10.1 Å². The van der Waals surface area contributed by atoms with Gasteiger partial charge in [0.2, 0.25) is 0 Å². The fourth-order valence-corrected chi connectivity index (χ4v) is 2.99. The number of ether oxygens (including phenoxy) is 1. The standard InChI is InChI=1S/C16H25NO2S/c1-6-19-16(18)14(17-11(2)3)10-20-15-8-7-12(4)9-13(15)5/h7-9,11,14,17H,6,10H2,1-5H3. The molecule has 0 aliphatic rings. The number of rotatable bonds is 7. The van der Waals surface area contributed by atoms with Crippen LogP contribution in [-0.2, 0) is 9.53 Å². The van der Waals surface area contributed by atoms with E-state index in [0.717, 1.165) is 0 Å². The summed E-state index contributed by atoms with van der Waals surface area (Å²) < 4.78 is 5.13. The van der Waals surface area contributed by atoms with Gasteiger partial charge in [0, 0.05) is 16.7 Å². The first-order valence-electron chi connectivity index (χ1n) is 7.06. The quantitative estimate of drug-likeness (QED) is 0.618. The lowest BCUT2D eigenvalue weighted by Gasteiger charge is -2.19. The van der Waals surface area contributed by atoms with Crippen LogP contribution >= 0.6 is 11.8 Å². The Bertz CT molecular complexity index is 446. The minimum Gasteiger partial charge on any atom is -0.465 e. The second-order valence-electron chi connectivity index (χ2n) is 5.21. The molecule has 0 radical (unpaired) electrons. The van der Waals surface area contributed by atoms with Crippen molar-refractivity contribution >= 4 is 17.7 Å². The first kappa shape index (κ1) is 17.1. The van der Waals surface area contributed by atoms with E-state index in [1.165, 1.54) is 16.0 Å². The Hall–Kier alpha value is -1.00. The number of carbonyl (C=O) groups is 1. The van der Waals surface area contributed by atoms with Crippen molar-refractivity contribution in [2.24, 2.45) is 0 Å². The molecule has 0 saturated heterocycles. The number of esters is 1. The zero-order chi connectivity index (χ0) is 15.1. The highest BCUT2D eigenvalue weighted by molar-refractivity contribution is 7.99. The van der Waals surface area contributed by atoms with Crippen molar-refractivity contribution in [2.75, 3.05) is 12.4 Å². The maximum absolute atomic E-state index is 11.9. The summed E-state index contributed by atoms with van der Waals surface area (Å²) in [4.78, 5) is 13.2. The highest BCUT2D eigenvalue weighted by Gasteiger charge is 2.20. The molecule has 112 valence electrons. The average Bonchev–Trinajstić information content (AvgIpc) is 2.36. The van der Waals surface area contributed by atoms with E-state index in [1.54, 1.807) is 11.8 Å². The van der Waals surface area contributed by atoms with Gasteiger partial charge in [0.05, 0.1) is 6.61 Å². The predicted octanol–water partition coefficient (Wildman–Crippen LogP) is 3.33. The van der Waals surface area contributed by atoms with E-state index in [1.807, 2.05) is 20.8 Å². The third-order valence-electron chi connectivity index (χ3n) is 2.84. The molecule has 1 atom stereocenters. The Morgan fingerprint density at radius 2 is 2.05 bits per heavy atom. The molecule has 3 nitrogen and oxygen atoms in total. The summed E-state index contributed by atoms with van der Waals surface area (Å²) in [5, 5.41) is 3.27. The first-order valence-corrected chi connectivity index (χ1v) is 8.05. The Morgan fingerprint density at radius 3 is 2.60 bits per heavy atom. The number of thioether (sulfide) groups is 1. The normalized spacial score (nSPS) is 12.5. The third-order valence-corrected chi connectivity index (χ3v) is 4.11. The molecule has 20 heavy (non-hydrogen) atoms. The Balaban J connectivity index is 2.67. The van der Waals surface area contributed by atoms with Gasteiger partial charge in [0.1, 0.15) is 6.04 Å². The second-order valence-corrected chi connectivity index (χ2v) is 6.27. The molecule has 0 amide bonds. The SMILES string of the molecule is CCOC(=O)C(CSc1ccc(C)cc1C)NC(C)C. The molecular formula is C16H25NO2S. The lowest BCUT2D eigenvalue weighted by Crippen LogP contribution is -2.43. The summed E-state index contributed by atoms with van der Waals surface area (Å²) in [5.41, 5.74) is 2.51. The van der Waals surface area contributed by atoms with Gasteiger partial charge in [-0.05, 0) is 32.4 Å². The van der Waals surface area contributed by atoms with E-state index in [4.69, 9.17) is 4.74 Å². The fraction of sp³-hybridized carbons (Fsp3) is 0.562. The molecule has 0 heterocycles. The predicted molar refractivity (Wildman–Crippen MR) is 85.3 cm³/mol. The first-order chi connectivity index (χ1) is 9.43. The molecule has 1 N–H and O–H groups in total.